The number of rotatable bonds is 3. The van der Waals surface area contributed by atoms with E-state index in [0.717, 1.165) is 12.1 Å². The highest BCUT2D eigenvalue weighted by Crippen LogP contribution is 2.22. The van der Waals surface area contributed by atoms with Gasteiger partial charge in [0.05, 0.1) is 11.6 Å². The van der Waals surface area contributed by atoms with Crippen LogP contribution in [0.1, 0.15) is 21.8 Å². The normalized spacial score (nSPS) is 11.6. The molecule has 0 aliphatic carbocycles. The van der Waals surface area contributed by atoms with Crippen LogP contribution in [0.5, 0.6) is 0 Å². The second kappa shape index (κ2) is 5.40. The van der Waals surface area contributed by atoms with Crippen molar-refractivity contribution in [3.63, 3.8) is 0 Å². The van der Waals surface area contributed by atoms with Crippen LogP contribution in [-0.4, -0.2) is 5.78 Å². The van der Waals surface area contributed by atoms with Gasteiger partial charge in [0.1, 0.15) is 17.6 Å². The molecule has 94 valence electrons. The minimum Gasteiger partial charge on any atom is -0.292 e. The summed E-state index contributed by atoms with van der Waals surface area (Å²) >= 11 is 0. The number of ketones is 1. The van der Waals surface area contributed by atoms with E-state index in [1.165, 1.54) is 36.4 Å². The lowest BCUT2D eigenvalue weighted by Crippen LogP contribution is -2.13. The Morgan fingerprint density at radius 1 is 1.11 bits per heavy atom. The number of nitriles is 1. The van der Waals surface area contributed by atoms with Gasteiger partial charge in [0.15, 0.2) is 5.78 Å². The van der Waals surface area contributed by atoms with Gasteiger partial charge in [-0.3, -0.25) is 4.79 Å². The first kappa shape index (κ1) is 12.9. The van der Waals surface area contributed by atoms with Gasteiger partial charge < -0.3 is 0 Å². The van der Waals surface area contributed by atoms with Gasteiger partial charge in [0, 0.05) is 0 Å². The molecule has 0 heterocycles. The number of hydrogen-bond acceptors (Lipinski definition) is 2. The summed E-state index contributed by atoms with van der Waals surface area (Å²) in [7, 11) is 0. The van der Waals surface area contributed by atoms with Crippen molar-refractivity contribution in [2.24, 2.45) is 0 Å². The summed E-state index contributed by atoms with van der Waals surface area (Å²) in [5, 5.41) is 9.08. The monoisotopic (exact) mass is 257 g/mol. The highest BCUT2D eigenvalue weighted by molar-refractivity contribution is 6.02. The summed E-state index contributed by atoms with van der Waals surface area (Å²) in [5.74, 6) is -3.12. The molecule has 0 fully saturated rings. The molecular weight excluding hydrogens is 248 g/mol. The molecule has 0 aliphatic rings. The molecule has 0 amide bonds. The van der Waals surface area contributed by atoms with Crippen molar-refractivity contribution >= 4 is 5.78 Å². The predicted octanol–water partition coefficient (Wildman–Crippen LogP) is 3.45. The Labute approximate surface area is 108 Å². The van der Waals surface area contributed by atoms with E-state index in [0.29, 0.717) is 0 Å². The predicted molar refractivity (Wildman–Crippen MR) is 65.5 cm³/mol. The van der Waals surface area contributed by atoms with Gasteiger partial charge in [-0.15, -0.1) is 0 Å². The van der Waals surface area contributed by atoms with Crippen molar-refractivity contribution in [3.8, 4) is 6.07 Å². The third-order valence-electron chi connectivity index (χ3n) is 2.71. The Morgan fingerprint density at radius 2 is 1.84 bits per heavy atom. The Hall–Kier alpha value is -2.54. The van der Waals surface area contributed by atoms with Gasteiger partial charge in [-0.1, -0.05) is 24.3 Å². The van der Waals surface area contributed by atoms with E-state index in [9.17, 15) is 13.6 Å². The molecule has 2 aromatic carbocycles. The maximum absolute atomic E-state index is 13.5. The molecule has 19 heavy (non-hydrogen) atoms. The fourth-order valence-corrected chi connectivity index (χ4v) is 1.79. The SMILES string of the molecule is N#CC(C(=O)c1ccccc1F)c1cccc(F)c1. The second-order valence-corrected chi connectivity index (χ2v) is 3.96. The van der Waals surface area contributed by atoms with Crippen LogP contribution in [-0.2, 0) is 0 Å². The molecule has 0 spiro atoms. The molecule has 1 atom stereocenters. The summed E-state index contributed by atoms with van der Waals surface area (Å²) < 4.78 is 26.6. The summed E-state index contributed by atoms with van der Waals surface area (Å²) in [5.41, 5.74) is 0.0501. The molecule has 4 heteroatoms. The van der Waals surface area contributed by atoms with Crippen LogP contribution in [0.3, 0.4) is 0 Å². The van der Waals surface area contributed by atoms with E-state index in [2.05, 4.69) is 0 Å². The van der Waals surface area contributed by atoms with Crippen LogP contribution in [0.15, 0.2) is 48.5 Å². The first-order valence-electron chi connectivity index (χ1n) is 5.57. The maximum atomic E-state index is 13.5. The van der Waals surface area contributed by atoms with Gasteiger partial charge in [-0.25, -0.2) is 8.78 Å². The number of hydrogen-bond donors (Lipinski definition) is 0. The van der Waals surface area contributed by atoms with Gasteiger partial charge in [-0.2, -0.15) is 5.26 Å². The van der Waals surface area contributed by atoms with Crippen molar-refractivity contribution in [2.75, 3.05) is 0 Å². The lowest BCUT2D eigenvalue weighted by Gasteiger charge is -2.09. The maximum Gasteiger partial charge on any atom is 0.187 e. The van der Waals surface area contributed by atoms with Crippen molar-refractivity contribution < 1.29 is 13.6 Å². The van der Waals surface area contributed by atoms with Gasteiger partial charge >= 0.3 is 0 Å². The molecule has 1 unspecified atom stereocenters. The molecule has 0 aromatic heterocycles. The lowest BCUT2D eigenvalue weighted by molar-refractivity contribution is 0.0975. The second-order valence-electron chi connectivity index (χ2n) is 3.96. The minimum atomic E-state index is -1.22. The van der Waals surface area contributed by atoms with Gasteiger partial charge in [0.25, 0.3) is 0 Å². The summed E-state index contributed by atoms with van der Waals surface area (Å²) in [6, 6.07) is 12.4. The Balaban J connectivity index is 2.42. The molecule has 2 nitrogen and oxygen atoms in total. The van der Waals surface area contributed by atoms with Gasteiger partial charge in [0.2, 0.25) is 0 Å². The van der Waals surface area contributed by atoms with Gasteiger partial charge in [-0.05, 0) is 29.8 Å². The number of Topliss-reactive ketones (excluding diaryl/α,β-unsaturated/α-hetero) is 1. The molecule has 2 aromatic rings. The third kappa shape index (κ3) is 2.66. The highest BCUT2D eigenvalue weighted by atomic mass is 19.1. The first-order valence-corrected chi connectivity index (χ1v) is 5.57. The van der Waals surface area contributed by atoms with Crippen LogP contribution in [0.25, 0.3) is 0 Å². The Morgan fingerprint density at radius 3 is 2.47 bits per heavy atom. The van der Waals surface area contributed by atoms with E-state index in [-0.39, 0.29) is 11.1 Å². The van der Waals surface area contributed by atoms with Crippen LogP contribution in [0.2, 0.25) is 0 Å². The first-order chi connectivity index (χ1) is 9.13. The fraction of sp³-hybridized carbons (Fsp3) is 0.0667. The Bertz CT molecular complexity index is 661. The Kier molecular flexibility index (Phi) is 3.67. The van der Waals surface area contributed by atoms with Crippen molar-refractivity contribution in [2.45, 2.75) is 5.92 Å². The summed E-state index contributed by atoms with van der Waals surface area (Å²) in [4.78, 5) is 12.1. The largest absolute Gasteiger partial charge is 0.292 e. The molecule has 0 aliphatic heterocycles. The van der Waals surface area contributed by atoms with Crippen molar-refractivity contribution in [1.29, 1.82) is 5.26 Å². The van der Waals surface area contributed by atoms with Crippen LogP contribution >= 0.6 is 0 Å². The quantitative estimate of drug-likeness (QED) is 0.790. The number of nitrogens with zero attached hydrogens (tertiary/aromatic N) is 1. The standard InChI is InChI=1S/C15H9F2NO/c16-11-5-3-4-10(8-11)13(9-18)15(19)12-6-1-2-7-14(12)17/h1-8,13H. The van der Waals surface area contributed by atoms with Crippen molar-refractivity contribution in [3.05, 3.63) is 71.3 Å². The zero-order valence-electron chi connectivity index (χ0n) is 9.81. The smallest absolute Gasteiger partial charge is 0.187 e. The van der Waals surface area contributed by atoms with Crippen LogP contribution < -0.4 is 0 Å². The molecule has 2 rings (SSSR count). The number of carbonyl (C=O) groups is 1. The highest BCUT2D eigenvalue weighted by Gasteiger charge is 2.24. The molecular formula is C15H9F2NO. The summed E-state index contributed by atoms with van der Waals surface area (Å²) in [6.07, 6.45) is 0. The van der Waals surface area contributed by atoms with Crippen LogP contribution in [0, 0.1) is 23.0 Å². The molecule has 0 radical (unpaired) electrons. The van der Waals surface area contributed by atoms with Crippen LogP contribution in [0.4, 0.5) is 8.78 Å². The number of carbonyl (C=O) groups excluding carboxylic acids is 1. The van der Waals surface area contributed by atoms with E-state index in [1.807, 2.05) is 0 Å². The topological polar surface area (TPSA) is 40.9 Å². The zero-order chi connectivity index (χ0) is 13.8. The molecule has 0 saturated heterocycles. The number of halogens is 2. The average Bonchev–Trinajstić information content (AvgIpc) is 2.40. The van der Waals surface area contributed by atoms with E-state index >= 15 is 0 Å². The zero-order valence-corrected chi connectivity index (χ0v) is 9.81. The minimum absolute atomic E-state index is 0.168. The molecule has 0 saturated carbocycles. The third-order valence-corrected chi connectivity index (χ3v) is 2.71. The average molecular weight is 257 g/mol. The summed E-state index contributed by atoms with van der Waals surface area (Å²) in [6.45, 7) is 0. The van der Waals surface area contributed by atoms with E-state index in [1.54, 1.807) is 6.07 Å². The molecule has 0 N–H and O–H groups in total. The number of benzene rings is 2. The fourth-order valence-electron chi connectivity index (χ4n) is 1.79. The molecule has 0 bridgehead atoms. The van der Waals surface area contributed by atoms with E-state index < -0.39 is 23.3 Å². The van der Waals surface area contributed by atoms with Crippen molar-refractivity contribution in [1.82, 2.24) is 0 Å². The lowest BCUT2D eigenvalue weighted by atomic mass is 9.91. The van der Waals surface area contributed by atoms with E-state index in [4.69, 9.17) is 5.26 Å².